The molecule has 6 heteroatoms. The molecule has 0 aromatic heterocycles. The minimum absolute atomic E-state index is 0.290. The van der Waals surface area contributed by atoms with Crippen LogP contribution in [0.2, 0.25) is 0 Å². The maximum atomic E-state index is 13.0. The maximum Gasteiger partial charge on any atom is 0.123 e. The van der Waals surface area contributed by atoms with Crippen LogP contribution in [0.5, 0.6) is 0 Å². The first kappa shape index (κ1) is 19.9. The average Bonchev–Trinajstić information content (AvgIpc) is 3.29. The van der Waals surface area contributed by atoms with Gasteiger partial charge in [-0.3, -0.25) is 0 Å². The van der Waals surface area contributed by atoms with Gasteiger partial charge in [0.15, 0.2) is 0 Å². The predicted molar refractivity (Wildman–Crippen MR) is 119 cm³/mol. The zero-order valence-electron chi connectivity index (χ0n) is 17.2. The van der Waals surface area contributed by atoms with Gasteiger partial charge in [-0.2, -0.15) is 20.5 Å². The van der Waals surface area contributed by atoms with Gasteiger partial charge in [-0.15, -0.1) is 0 Å². The number of halogens is 1. The number of rotatable bonds is 5. The quantitative estimate of drug-likeness (QED) is 0.401. The lowest BCUT2D eigenvalue weighted by atomic mass is 10.1. The molecule has 1 saturated heterocycles. The van der Waals surface area contributed by atoms with E-state index in [1.54, 1.807) is 12.1 Å². The van der Waals surface area contributed by atoms with Gasteiger partial charge in [-0.05, 0) is 98.5 Å². The van der Waals surface area contributed by atoms with E-state index in [2.05, 4.69) is 37.5 Å². The van der Waals surface area contributed by atoms with Gasteiger partial charge in [0.1, 0.15) is 5.82 Å². The lowest BCUT2D eigenvalue weighted by molar-refractivity contribution is 0.628. The van der Waals surface area contributed by atoms with Gasteiger partial charge in [0.25, 0.3) is 0 Å². The first-order valence-electron chi connectivity index (χ1n) is 10.1. The van der Waals surface area contributed by atoms with E-state index < -0.39 is 0 Å². The summed E-state index contributed by atoms with van der Waals surface area (Å²) in [6.45, 7) is 6.19. The minimum atomic E-state index is -0.290. The molecule has 5 nitrogen and oxygen atoms in total. The molecule has 1 aliphatic heterocycles. The molecule has 1 fully saturated rings. The molecule has 30 heavy (non-hydrogen) atoms. The molecule has 0 unspecified atom stereocenters. The summed E-state index contributed by atoms with van der Waals surface area (Å²) in [5.74, 6) is -0.290. The van der Waals surface area contributed by atoms with Crippen molar-refractivity contribution in [1.82, 2.24) is 0 Å². The number of azo groups is 2. The molecule has 1 heterocycles. The number of anilines is 1. The van der Waals surface area contributed by atoms with Crippen LogP contribution >= 0.6 is 0 Å². The van der Waals surface area contributed by atoms with Gasteiger partial charge < -0.3 is 4.90 Å². The maximum absolute atomic E-state index is 13.0. The Labute approximate surface area is 176 Å². The Morgan fingerprint density at radius 3 is 1.63 bits per heavy atom. The smallest absolute Gasteiger partial charge is 0.123 e. The van der Waals surface area contributed by atoms with E-state index in [-0.39, 0.29) is 5.82 Å². The molecular formula is C24H24FN5. The summed E-state index contributed by atoms with van der Waals surface area (Å²) >= 11 is 0. The third-order valence-corrected chi connectivity index (χ3v) is 5.21. The summed E-state index contributed by atoms with van der Waals surface area (Å²) in [4.78, 5) is 2.40. The highest BCUT2D eigenvalue weighted by Crippen LogP contribution is 2.31. The van der Waals surface area contributed by atoms with Crippen molar-refractivity contribution in [3.8, 4) is 0 Å². The summed E-state index contributed by atoms with van der Waals surface area (Å²) in [5.41, 5.74) is 6.15. The average molecular weight is 401 g/mol. The molecule has 1 aliphatic rings. The topological polar surface area (TPSA) is 52.7 Å². The molecular weight excluding hydrogens is 377 g/mol. The van der Waals surface area contributed by atoms with Crippen molar-refractivity contribution in [2.24, 2.45) is 20.5 Å². The van der Waals surface area contributed by atoms with Crippen molar-refractivity contribution in [1.29, 1.82) is 0 Å². The molecule has 152 valence electrons. The van der Waals surface area contributed by atoms with Crippen LogP contribution in [0.1, 0.15) is 24.0 Å². The summed E-state index contributed by atoms with van der Waals surface area (Å²) in [6, 6.07) is 18.0. The van der Waals surface area contributed by atoms with Crippen molar-refractivity contribution >= 4 is 28.4 Å². The van der Waals surface area contributed by atoms with Crippen LogP contribution < -0.4 is 4.90 Å². The molecule has 0 radical (unpaired) electrons. The van der Waals surface area contributed by atoms with Crippen LogP contribution in [0.4, 0.5) is 32.8 Å². The molecule has 0 spiro atoms. The van der Waals surface area contributed by atoms with E-state index in [1.807, 2.05) is 38.1 Å². The standard InChI is InChI=1S/C24H24FN5/c1-17-16-24(18(2)15-23(17)28-26-20-7-5-19(25)6-8-20)29-27-21-9-11-22(12-10-21)30-13-3-4-14-30/h5-12,15-16H,3-4,13-14H2,1-2H3. The summed E-state index contributed by atoms with van der Waals surface area (Å²) in [5, 5.41) is 17.3. The van der Waals surface area contributed by atoms with Gasteiger partial charge in [0.05, 0.1) is 22.7 Å². The first-order chi connectivity index (χ1) is 14.6. The molecule has 3 aromatic rings. The molecule has 0 N–H and O–H groups in total. The SMILES string of the molecule is Cc1cc(N=Nc2ccc(N3CCCC3)cc2)c(C)cc1N=Nc1ccc(F)cc1. The lowest BCUT2D eigenvalue weighted by Crippen LogP contribution is -2.17. The number of aryl methyl sites for hydroxylation is 2. The van der Waals surface area contributed by atoms with Crippen LogP contribution in [0.25, 0.3) is 0 Å². The van der Waals surface area contributed by atoms with Crippen LogP contribution in [0.15, 0.2) is 81.1 Å². The van der Waals surface area contributed by atoms with Crippen LogP contribution in [-0.2, 0) is 0 Å². The second kappa shape index (κ2) is 8.95. The highest BCUT2D eigenvalue weighted by molar-refractivity contribution is 5.59. The van der Waals surface area contributed by atoms with Gasteiger partial charge in [-0.1, -0.05) is 0 Å². The van der Waals surface area contributed by atoms with Crippen LogP contribution in [0, 0.1) is 19.7 Å². The molecule has 0 saturated carbocycles. The van der Waals surface area contributed by atoms with Crippen molar-refractivity contribution in [3.63, 3.8) is 0 Å². The Hall–Kier alpha value is -3.41. The zero-order valence-corrected chi connectivity index (χ0v) is 17.2. The van der Waals surface area contributed by atoms with Gasteiger partial charge in [0, 0.05) is 18.8 Å². The predicted octanol–water partition coefficient (Wildman–Crippen LogP) is 7.87. The fourth-order valence-corrected chi connectivity index (χ4v) is 3.44. The fraction of sp³-hybridized carbons (Fsp3) is 0.250. The number of benzene rings is 3. The molecule has 3 aromatic carbocycles. The van der Waals surface area contributed by atoms with Crippen molar-refractivity contribution in [2.45, 2.75) is 26.7 Å². The Morgan fingerprint density at radius 2 is 1.13 bits per heavy atom. The molecule has 4 rings (SSSR count). The second-order valence-corrected chi connectivity index (χ2v) is 7.51. The number of nitrogens with zero attached hydrogens (tertiary/aromatic N) is 5. The second-order valence-electron chi connectivity index (χ2n) is 7.51. The molecule has 0 atom stereocenters. The Balaban J connectivity index is 1.48. The van der Waals surface area contributed by atoms with Crippen molar-refractivity contribution in [2.75, 3.05) is 18.0 Å². The van der Waals surface area contributed by atoms with Gasteiger partial charge >= 0.3 is 0 Å². The zero-order chi connectivity index (χ0) is 20.9. The highest BCUT2D eigenvalue weighted by Gasteiger charge is 2.11. The van der Waals surface area contributed by atoms with Gasteiger partial charge in [0.2, 0.25) is 0 Å². The molecule has 0 bridgehead atoms. The molecule has 0 aliphatic carbocycles. The van der Waals surface area contributed by atoms with Gasteiger partial charge in [-0.25, -0.2) is 4.39 Å². The van der Waals surface area contributed by atoms with Crippen molar-refractivity contribution in [3.05, 3.63) is 77.6 Å². The highest BCUT2D eigenvalue weighted by atomic mass is 19.1. The Bertz CT molecular complexity index is 1070. The van der Waals surface area contributed by atoms with E-state index >= 15 is 0 Å². The Kier molecular flexibility index (Phi) is 5.93. The van der Waals surface area contributed by atoms with Crippen LogP contribution in [-0.4, -0.2) is 13.1 Å². The van der Waals surface area contributed by atoms with E-state index in [4.69, 9.17) is 0 Å². The van der Waals surface area contributed by atoms with E-state index in [9.17, 15) is 4.39 Å². The van der Waals surface area contributed by atoms with E-state index in [0.717, 1.165) is 41.3 Å². The fourth-order valence-electron chi connectivity index (χ4n) is 3.44. The van der Waals surface area contributed by atoms with E-state index in [1.165, 1.54) is 30.7 Å². The normalized spacial score (nSPS) is 14.3. The lowest BCUT2D eigenvalue weighted by Gasteiger charge is -2.17. The summed E-state index contributed by atoms with van der Waals surface area (Å²) < 4.78 is 13.0. The monoisotopic (exact) mass is 401 g/mol. The third-order valence-electron chi connectivity index (χ3n) is 5.21. The van der Waals surface area contributed by atoms with E-state index in [0.29, 0.717) is 5.69 Å². The minimum Gasteiger partial charge on any atom is -0.372 e. The Morgan fingerprint density at radius 1 is 0.667 bits per heavy atom. The summed E-state index contributed by atoms with van der Waals surface area (Å²) in [6.07, 6.45) is 2.53. The number of hydrogen-bond donors (Lipinski definition) is 0. The first-order valence-corrected chi connectivity index (χ1v) is 10.1. The van der Waals surface area contributed by atoms with Crippen LogP contribution in [0.3, 0.4) is 0 Å². The largest absolute Gasteiger partial charge is 0.372 e. The van der Waals surface area contributed by atoms with Crippen molar-refractivity contribution < 1.29 is 4.39 Å². The number of hydrogen-bond acceptors (Lipinski definition) is 5. The third kappa shape index (κ3) is 4.76. The molecule has 0 amide bonds. The summed E-state index contributed by atoms with van der Waals surface area (Å²) in [7, 11) is 0.